The van der Waals surface area contributed by atoms with Crippen molar-refractivity contribution < 1.29 is 9.53 Å². The Hall–Kier alpha value is -2.80. The number of amides is 1. The zero-order valence-corrected chi connectivity index (χ0v) is 19.9. The summed E-state index contributed by atoms with van der Waals surface area (Å²) in [6, 6.07) is 20.3. The molecule has 0 aliphatic carbocycles. The Balaban J connectivity index is 1.33. The molecule has 0 unspecified atom stereocenters. The Morgan fingerprint density at radius 2 is 1.84 bits per heavy atom. The lowest BCUT2D eigenvalue weighted by molar-refractivity contribution is 0.102. The lowest BCUT2D eigenvalue weighted by Crippen LogP contribution is -2.11. The van der Waals surface area contributed by atoms with Crippen molar-refractivity contribution in [1.82, 2.24) is 9.78 Å². The Morgan fingerprint density at radius 1 is 1.03 bits per heavy atom. The number of aromatic nitrogens is 2. The maximum atomic E-state index is 12.6. The summed E-state index contributed by atoms with van der Waals surface area (Å²) in [6.07, 6.45) is 3.40. The van der Waals surface area contributed by atoms with Gasteiger partial charge in [-0.1, -0.05) is 63.4 Å². The second-order valence-corrected chi connectivity index (χ2v) is 8.83. The van der Waals surface area contributed by atoms with Gasteiger partial charge < -0.3 is 10.1 Å². The van der Waals surface area contributed by atoms with Crippen LogP contribution in [0.25, 0.3) is 0 Å². The van der Waals surface area contributed by atoms with E-state index in [0.717, 1.165) is 15.6 Å². The summed E-state index contributed by atoms with van der Waals surface area (Å²) in [7, 11) is 0. The first-order chi connectivity index (χ1) is 15.5. The van der Waals surface area contributed by atoms with Gasteiger partial charge in [-0.2, -0.15) is 5.10 Å². The van der Waals surface area contributed by atoms with Gasteiger partial charge in [-0.3, -0.25) is 9.48 Å². The minimum atomic E-state index is -0.212. The summed E-state index contributed by atoms with van der Waals surface area (Å²) in [5, 5.41) is 8.37. The van der Waals surface area contributed by atoms with Crippen molar-refractivity contribution in [2.45, 2.75) is 13.2 Å². The molecule has 1 N–H and O–H groups in total. The lowest BCUT2D eigenvalue weighted by Gasteiger charge is -2.09. The van der Waals surface area contributed by atoms with E-state index in [1.165, 1.54) is 0 Å². The van der Waals surface area contributed by atoms with Crippen LogP contribution in [-0.4, -0.2) is 15.7 Å². The topological polar surface area (TPSA) is 56.2 Å². The normalized spacial score (nSPS) is 10.7. The van der Waals surface area contributed by atoms with Crippen molar-refractivity contribution in [3.05, 3.63) is 110 Å². The van der Waals surface area contributed by atoms with Gasteiger partial charge >= 0.3 is 0 Å². The molecule has 0 bridgehead atoms. The second kappa shape index (κ2) is 10.2. The Morgan fingerprint density at radius 3 is 2.59 bits per heavy atom. The van der Waals surface area contributed by atoms with E-state index in [0.29, 0.717) is 40.2 Å². The van der Waals surface area contributed by atoms with Crippen molar-refractivity contribution in [2.75, 3.05) is 5.32 Å². The van der Waals surface area contributed by atoms with Crippen molar-refractivity contribution in [2.24, 2.45) is 0 Å². The first-order valence-corrected chi connectivity index (χ1v) is 11.3. The van der Waals surface area contributed by atoms with E-state index in [1.807, 2.05) is 42.5 Å². The number of benzene rings is 3. The molecule has 0 saturated heterocycles. The highest BCUT2D eigenvalue weighted by atomic mass is 79.9. The molecule has 5 nitrogen and oxygen atoms in total. The van der Waals surface area contributed by atoms with Crippen molar-refractivity contribution in [3.63, 3.8) is 0 Å². The highest BCUT2D eigenvalue weighted by Crippen LogP contribution is 2.28. The van der Waals surface area contributed by atoms with Gasteiger partial charge in [0.15, 0.2) is 0 Å². The van der Waals surface area contributed by atoms with E-state index in [4.69, 9.17) is 27.9 Å². The van der Waals surface area contributed by atoms with Crippen molar-refractivity contribution in [3.8, 4) is 5.75 Å². The van der Waals surface area contributed by atoms with E-state index in [-0.39, 0.29) is 5.91 Å². The van der Waals surface area contributed by atoms with Crippen LogP contribution in [-0.2, 0) is 13.2 Å². The smallest absolute Gasteiger partial charge is 0.255 e. The van der Waals surface area contributed by atoms with Gasteiger partial charge in [-0.05, 0) is 53.6 Å². The Kier molecular flexibility index (Phi) is 7.15. The molecule has 1 aromatic heterocycles. The minimum absolute atomic E-state index is 0.212. The Bertz CT molecular complexity index is 1240. The first kappa shape index (κ1) is 22.4. The zero-order chi connectivity index (χ0) is 22.5. The number of rotatable bonds is 7. The second-order valence-electron chi connectivity index (χ2n) is 7.07. The molecule has 4 rings (SSSR count). The van der Waals surface area contributed by atoms with E-state index in [9.17, 15) is 4.79 Å². The third-order valence-electron chi connectivity index (χ3n) is 4.63. The SMILES string of the molecule is O=C(Nc1cnn(Cc2cccc(Cl)c2)c1)c1ccc(COc2ccc(Br)cc2Cl)cc1. The van der Waals surface area contributed by atoms with Gasteiger partial charge in [0.25, 0.3) is 5.91 Å². The molecule has 3 aromatic carbocycles. The number of carbonyl (C=O) groups excluding carboxylic acids is 1. The maximum Gasteiger partial charge on any atom is 0.255 e. The van der Waals surface area contributed by atoms with Crippen LogP contribution >= 0.6 is 39.1 Å². The largest absolute Gasteiger partial charge is 0.487 e. The molecule has 1 heterocycles. The highest BCUT2D eigenvalue weighted by Gasteiger charge is 2.09. The monoisotopic (exact) mass is 529 g/mol. The number of hydrogen-bond acceptors (Lipinski definition) is 3. The van der Waals surface area contributed by atoms with Crippen LogP contribution in [0.2, 0.25) is 10.0 Å². The van der Waals surface area contributed by atoms with Gasteiger partial charge in [-0.25, -0.2) is 0 Å². The fraction of sp³-hybridized carbons (Fsp3) is 0.0833. The summed E-state index contributed by atoms with van der Waals surface area (Å²) < 4.78 is 8.39. The average molecular weight is 531 g/mol. The van der Waals surface area contributed by atoms with Gasteiger partial charge in [0.05, 0.1) is 23.5 Å². The average Bonchev–Trinajstić information content (AvgIpc) is 3.20. The van der Waals surface area contributed by atoms with Crippen molar-refractivity contribution in [1.29, 1.82) is 0 Å². The number of nitrogens with zero attached hydrogens (tertiary/aromatic N) is 2. The molecule has 1 amide bonds. The molecule has 0 aliphatic heterocycles. The maximum absolute atomic E-state index is 12.6. The number of carbonyl (C=O) groups is 1. The third-order valence-corrected chi connectivity index (χ3v) is 5.65. The summed E-state index contributed by atoms with van der Waals surface area (Å²) in [4.78, 5) is 12.6. The summed E-state index contributed by atoms with van der Waals surface area (Å²) >= 11 is 15.6. The molecule has 0 radical (unpaired) electrons. The molecule has 162 valence electrons. The molecule has 32 heavy (non-hydrogen) atoms. The number of nitrogens with one attached hydrogen (secondary N) is 1. The minimum Gasteiger partial charge on any atom is -0.487 e. The predicted octanol–water partition coefficient (Wildman–Crippen LogP) is 6.83. The van der Waals surface area contributed by atoms with Gasteiger partial charge in [0.1, 0.15) is 12.4 Å². The predicted molar refractivity (Wildman–Crippen MR) is 131 cm³/mol. The molecule has 0 aliphatic rings. The summed E-state index contributed by atoms with van der Waals surface area (Å²) in [5.41, 5.74) is 3.11. The lowest BCUT2D eigenvalue weighted by atomic mass is 10.1. The standard InChI is InChI=1S/C24H18BrCl2N3O2/c25-19-8-9-23(22(27)11-19)32-15-16-4-6-18(7-5-16)24(31)29-21-12-28-30(14-21)13-17-2-1-3-20(26)10-17/h1-12,14H,13,15H2,(H,29,31). The molecule has 0 fully saturated rings. The molecule has 0 saturated carbocycles. The van der Waals surface area contributed by atoms with Crippen LogP contribution in [0.1, 0.15) is 21.5 Å². The van der Waals surface area contributed by atoms with E-state index < -0.39 is 0 Å². The van der Waals surface area contributed by atoms with Gasteiger partial charge in [0, 0.05) is 21.3 Å². The molecule has 0 spiro atoms. The number of halogens is 3. The number of anilines is 1. The van der Waals surface area contributed by atoms with E-state index in [2.05, 4.69) is 26.3 Å². The molecular weight excluding hydrogens is 513 g/mol. The Labute approximate surface area is 204 Å². The van der Waals surface area contributed by atoms with E-state index in [1.54, 1.807) is 41.3 Å². The van der Waals surface area contributed by atoms with Crippen LogP contribution in [0.5, 0.6) is 5.75 Å². The van der Waals surface area contributed by atoms with Gasteiger partial charge in [-0.15, -0.1) is 0 Å². The summed E-state index contributed by atoms with van der Waals surface area (Å²) in [5.74, 6) is 0.391. The zero-order valence-electron chi connectivity index (χ0n) is 16.8. The quantitative estimate of drug-likeness (QED) is 0.285. The molecule has 8 heteroatoms. The fourth-order valence-corrected chi connectivity index (χ4v) is 3.99. The van der Waals surface area contributed by atoms with Crippen LogP contribution in [0.3, 0.4) is 0 Å². The molecule has 0 atom stereocenters. The van der Waals surface area contributed by atoms with Crippen LogP contribution < -0.4 is 10.1 Å². The van der Waals surface area contributed by atoms with E-state index >= 15 is 0 Å². The third kappa shape index (κ3) is 5.91. The van der Waals surface area contributed by atoms with Gasteiger partial charge in [0.2, 0.25) is 0 Å². The fourth-order valence-electron chi connectivity index (χ4n) is 3.05. The van der Waals surface area contributed by atoms with Crippen LogP contribution in [0.4, 0.5) is 5.69 Å². The molecule has 4 aromatic rings. The van der Waals surface area contributed by atoms with Crippen molar-refractivity contribution >= 4 is 50.7 Å². The van der Waals surface area contributed by atoms with Crippen LogP contribution in [0, 0.1) is 0 Å². The van der Waals surface area contributed by atoms with Crippen LogP contribution in [0.15, 0.2) is 83.6 Å². The summed E-state index contributed by atoms with van der Waals surface area (Å²) in [6.45, 7) is 0.910. The highest BCUT2D eigenvalue weighted by molar-refractivity contribution is 9.10. The molecular formula is C24H18BrCl2N3O2. The number of hydrogen-bond donors (Lipinski definition) is 1. The number of ether oxygens (including phenoxy) is 1. The first-order valence-electron chi connectivity index (χ1n) is 9.71.